The molecule has 0 aromatic heterocycles. The van der Waals surface area contributed by atoms with Gasteiger partial charge in [-0.15, -0.1) is 0 Å². The molecule has 3 atom stereocenters. The summed E-state index contributed by atoms with van der Waals surface area (Å²) in [6, 6.07) is 14.9. The maximum absolute atomic E-state index is 13.0. The molecular formula is C24H29N5O4. The molecule has 1 unspecified atom stereocenters. The number of piperidine rings is 1. The van der Waals surface area contributed by atoms with Crippen LogP contribution in [0.4, 0.5) is 4.79 Å². The van der Waals surface area contributed by atoms with E-state index < -0.39 is 24.1 Å². The van der Waals surface area contributed by atoms with E-state index in [1.54, 1.807) is 31.2 Å². The van der Waals surface area contributed by atoms with Crippen LogP contribution in [0.1, 0.15) is 42.4 Å². The van der Waals surface area contributed by atoms with Crippen LogP contribution >= 0.6 is 0 Å². The molecule has 0 bridgehead atoms. The van der Waals surface area contributed by atoms with Crippen molar-refractivity contribution >= 4 is 23.7 Å². The van der Waals surface area contributed by atoms with Crippen LogP contribution in [-0.4, -0.2) is 52.4 Å². The van der Waals surface area contributed by atoms with Gasteiger partial charge in [-0.25, -0.2) is 4.79 Å². The Labute approximate surface area is 192 Å². The fourth-order valence-corrected chi connectivity index (χ4v) is 3.99. The highest BCUT2D eigenvalue weighted by atomic mass is 16.4. The second-order valence-corrected chi connectivity index (χ2v) is 8.18. The molecule has 1 aliphatic heterocycles. The van der Waals surface area contributed by atoms with E-state index in [-0.39, 0.29) is 30.8 Å². The zero-order valence-electron chi connectivity index (χ0n) is 18.5. The number of carbonyl (C=O) groups is 3. The number of nitrogens with two attached hydrogens (primary N) is 1. The summed E-state index contributed by atoms with van der Waals surface area (Å²) in [5.74, 6) is -0.822. The van der Waals surface area contributed by atoms with Gasteiger partial charge in [-0.1, -0.05) is 54.6 Å². The number of hydrogen-bond acceptors (Lipinski definition) is 4. The summed E-state index contributed by atoms with van der Waals surface area (Å²) < 4.78 is 0. The normalized spacial score (nSPS) is 18.8. The van der Waals surface area contributed by atoms with E-state index in [1.807, 2.05) is 30.3 Å². The van der Waals surface area contributed by atoms with Crippen LogP contribution in [0.15, 0.2) is 54.6 Å². The zero-order chi connectivity index (χ0) is 24.0. The Kier molecular flexibility index (Phi) is 7.66. The molecule has 0 saturated carbocycles. The predicted molar refractivity (Wildman–Crippen MR) is 124 cm³/mol. The molecule has 1 aliphatic rings. The van der Waals surface area contributed by atoms with Crippen molar-refractivity contribution < 1.29 is 19.5 Å². The van der Waals surface area contributed by atoms with Crippen LogP contribution in [0.2, 0.25) is 0 Å². The average Bonchev–Trinajstić information content (AvgIpc) is 2.82. The molecular weight excluding hydrogens is 422 g/mol. The van der Waals surface area contributed by atoms with Crippen molar-refractivity contribution in [2.45, 2.75) is 44.3 Å². The highest BCUT2D eigenvalue weighted by Crippen LogP contribution is 2.31. The van der Waals surface area contributed by atoms with E-state index in [4.69, 9.17) is 11.1 Å². The number of rotatable bonds is 7. The topological polar surface area (TPSA) is 149 Å². The third-order valence-corrected chi connectivity index (χ3v) is 5.91. The van der Waals surface area contributed by atoms with Gasteiger partial charge in [-0.2, -0.15) is 0 Å². The molecule has 3 amide bonds. The summed E-state index contributed by atoms with van der Waals surface area (Å²) in [6.45, 7) is 2.07. The molecule has 0 radical (unpaired) electrons. The molecule has 33 heavy (non-hydrogen) atoms. The zero-order valence-corrected chi connectivity index (χ0v) is 18.5. The molecule has 174 valence electrons. The Morgan fingerprint density at radius 3 is 2.42 bits per heavy atom. The van der Waals surface area contributed by atoms with E-state index >= 15 is 0 Å². The summed E-state index contributed by atoms with van der Waals surface area (Å²) >= 11 is 0. The minimum absolute atomic E-state index is 0.0328. The molecule has 1 saturated heterocycles. The number of nitrogens with one attached hydrogen (secondary N) is 3. The van der Waals surface area contributed by atoms with E-state index in [2.05, 4.69) is 10.6 Å². The SMILES string of the molecule is CC(NC(=O)[C@H]1C[C@@H](c2ccccc2)CCN1C(=O)O)C(=O)NCc1ccc(C(=N)N)cc1. The summed E-state index contributed by atoms with van der Waals surface area (Å²) in [6.07, 6.45) is -0.148. The van der Waals surface area contributed by atoms with Gasteiger partial charge in [0.05, 0.1) is 0 Å². The van der Waals surface area contributed by atoms with Crippen LogP contribution in [0, 0.1) is 5.41 Å². The van der Waals surface area contributed by atoms with Gasteiger partial charge in [0.2, 0.25) is 11.8 Å². The Morgan fingerprint density at radius 2 is 1.82 bits per heavy atom. The molecule has 1 fully saturated rings. The van der Waals surface area contributed by atoms with Crippen molar-refractivity contribution in [2.24, 2.45) is 5.73 Å². The van der Waals surface area contributed by atoms with Crippen LogP contribution < -0.4 is 16.4 Å². The predicted octanol–water partition coefficient (Wildman–Crippen LogP) is 2.02. The largest absolute Gasteiger partial charge is 0.465 e. The van der Waals surface area contributed by atoms with E-state index in [9.17, 15) is 19.5 Å². The van der Waals surface area contributed by atoms with Gasteiger partial charge in [0, 0.05) is 18.7 Å². The van der Waals surface area contributed by atoms with Gasteiger partial charge in [0.1, 0.15) is 17.9 Å². The van der Waals surface area contributed by atoms with Gasteiger partial charge in [-0.05, 0) is 36.8 Å². The molecule has 0 aliphatic carbocycles. The third-order valence-electron chi connectivity index (χ3n) is 5.91. The molecule has 2 aromatic rings. The maximum atomic E-state index is 13.0. The standard InChI is InChI=1S/C24H29N5O4/c1-15(22(30)27-14-16-7-9-18(10-8-16)21(25)26)28-23(31)20-13-19(11-12-29(20)24(32)33)17-5-3-2-4-6-17/h2-10,15,19-20H,11-14H2,1H3,(H3,25,26)(H,27,30)(H,28,31)(H,32,33)/t15?,19-,20+/m0/s1. The van der Waals surface area contributed by atoms with E-state index in [1.165, 1.54) is 0 Å². The monoisotopic (exact) mass is 451 g/mol. The van der Waals surface area contributed by atoms with Crippen LogP contribution in [0.3, 0.4) is 0 Å². The fraction of sp³-hybridized carbons (Fsp3) is 0.333. The summed E-state index contributed by atoms with van der Waals surface area (Å²) in [5.41, 5.74) is 7.92. The molecule has 9 heteroatoms. The third kappa shape index (κ3) is 6.09. The minimum Gasteiger partial charge on any atom is -0.465 e. The molecule has 3 rings (SSSR count). The quantitative estimate of drug-likeness (QED) is 0.323. The summed E-state index contributed by atoms with van der Waals surface area (Å²) in [5, 5.41) is 22.4. The molecule has 6 N–H and O–H groups in total. The molecule has 2 aromatic carbocycles. The lowest BCUT2D eigenvalue weighted by Gasteiger charge is -2.37. The van der Waals surface area contributed by atoms with Crippen molar-refractivity contribution in [1.29, 1.82) is 5.41 Å². The van der Waals surface area contributed by atoms with Gasteiger partial charge >= 0.3 is 6.09 Å². The molecule has 0 spiro atoms. The highest BCUT2D eigenvalue weighted by Gasteiger charge is 2.37. The van der Waals surface area contributed by atoms with Gasteiger partial charge in [0.25, 0.3) is 0 Å². The average molecular weight is 452 g/mol. The first-order valence-electron chi connectivity index (χ1n) is 10.8. The van der Waals surface area contributed by atoms with Gasteiger partial charge in [-0.3, -0.25) is 19.9 Å². The lowest BCUT2D eigenvalue weighted by molar-refractivity contribution is -0.132. The van der Waals surface area contributed by atoms with Crippen molar-refractivity contribution in [3.05, 3.63) is 71.3 Å². The number of benzene rings is 2. The van der Waals surface area contributed by atoms with Gasteiger partial charge in [0.15, 0.2) is 0 Å². The Balaban J connectivity index is 1.59. The Hall–Kier alpha value is -3.88. The molecule has 1 heterocycles. The van der Waals surface area contributed by atoms with Crippen molar-refractivity contribution in [3.63, 3.8) is 0 Å². The van der Waals surface area contributed by atoms with E-state index in [0.29, 0.717) is 18.4 Å². The summed E-state index contributed by atoms with van der Waals surface area (Å²) in [4.78, 5) is 38.3. The lowest BCUT2D eigenvalue weighted by Crippen LogP contribution is -2.56. The van der Waals surface area contributed by atoms with Gasteiger partial charge < -0.3 is 21.5 Å². The first-order chi connectivity index (χ1) is 15.8. The smallest absolute Gasteiger partial charge is 0.407 e. The number of nitrogens with zero attached hydrogens (tertiary/aromatic N) is 1. The van der Waals surface area contributed by atoms with E-state index in [0.717, 1.165) is 16.0 Å². The number of likely N-dealkylation sites (tertiary alicyclic amines) is 1. The van der Waals surface area contributed by atoms with Crippen LogP contribution in [0.5, 0.6) is 0 Å². The second kappa shape index (κ2) is 10.6. The Morgan fingerprint density at radius 1 is 1.15 bits per heavy atom. The second-order valence-electron chi connectivity index (χ2n) is 8.18. The van der Waals surface area contributed by atoms with Crippen molar-refractivity contribution in [1.82, 2.24) is 15.5 Å². The number of amides is 3. The lowest BCUT2D eigenvalue weighted by atomic mass is 9.85. The first kappa shape index (κ1) is 23.8. The number of carboxylic acid groups (broad SMARTS) is 1. The van der Waals surface area contributed by atoms with Crippen molar-refractivity contribution in [2.75, 3.05) is 6.54 Å². The fourth-order valence-electron chi connectivity index (χ4n) is 3.99. The van der Waals surface area contributed by atoms with Crippen LogP contribution in [-0.2, 0) is 16.1 Å². The van der Waals surface area contributed by atoms with Crippen molar-refractivity contribution in [3.8, 4) is 0 Å². The van der Waals surface area contributed by atoms with Crippen LogP contribution in [0.25, 0.3) is 0 Å². The minimum atomic E-state index is -1.15. The number of carbonyl (C=O) groups excluding carboxylic acids is 2. The summed E-state index contributed by atoms with van der Waals surface area (Å²) in [7, 11) is 0. The molecule has 9 nitrogen and oxygen atoms in total. The Bertz CT molecular complexity index is 1010. The number of nitrogen functional groups attached to an aromatic ring is 1. The number of hydrogen-bond donors (Lipinski definition) is 5. The highest BCUT2D eigenvalue weighted by molar-refractivity contribution is 5.95. The maximum Gasteiger partial charge on any atom is 0.407 e. The number of amidine groups is 1. The first-order valence-corrected chi connectivity index (χ1v) is 10.8.